The van der Waals surface area contributed by atoms with Crippen molar-refractivity contribution in [1.29, 1.82) is 0 Å². The Kier molecular flexibility index (Phi) is 8.55. The summed E-state index contributed by atoms with van der Waals surface area (Å²) in [5.74, 6) is 1.25. The lowest BCUT2D eigenvalue weighted by molar-refractivity contribution is -0.120. The van der Waals surface area contributed by atoms with Gasteiger partial charge in [-0.1, -0.05) is 35.2 Å². The lowest BCUT2D eigenvalue weighted by Crippen LogP contribution is -2.27. The van der Waals surface area contributed by atoms with E-state index in [-0.39, 0.29) is 5.91 Å². The highest BCUT2D eigenvalue weighted by Crippen LogP contribution is 2.33. The summed E-state index contributed by atoms with van der Waals surface area (Å²) in [6.07, 6.45) is 7.82. The maximum atomic E-state index is 12.1. The van der Waals surface area contributed by atoms with E-state index in [2.05, 4.69) is 21.2 Å². The molecule has 1 fully saturated rings. The first-order chi connectivity index (χ1) is 12.1. The molecule has 0 aromatic heterocycles. The maximum absolute atomic E-state index is 12.1. The lowest BCUT2D eigenvalue weighted by Gasteiger charge is -2.21. The largest absolute Gasteiger partial charge is 0.493 e. The third-order valence-corrected chi connectivity index (χ3v) is 5.19. The highest BCUT2D eigenvalue weighted by molar-refractivity contribution is 9.10. The number of halogens is 1. The van der Waals surface area contributed by atoms with Crippen LogP contribution in [-0.4, -0.2) is 39.4 Å². The molecular formula is C19H28BrNO4. The summed E-state index contributed by atoms with van der Waals surface area (Å²) in [6.45, 7) is 1.35. The fraction of sp³-hybridized carbons (Fsp3) is 0.632. The zero-order chi connectivity index (χ0) is 18.1. The predicted octanol–water partition coefficient (Wildman–Crippen LogP) is 3.86. The first-order valence-corrected chi connectivity index (χ1v) is 9.72. The van der Waals surface area contributed by atoms with Gasteiger partial charge in [0.2, 0.25) is 5.91 Å². The zero-order valence-corrected chi connectivity index (χ0v) is 16.7. The molecule has 140 valence electrons. The van der Waals surface area contributed by atoms with Crippen LogP contribution in [0.5, 0.6) is 11.5 Å². The second-order valence-corrected chi connectivity index (χ2v) is 7.16. The van der Waals surface area contributed by atoms with E-state index >= 15 is 0 Å². The normalized spacial score (nSPS) is 15.0. The van der Waals surface area contributed by atoms with Crippen LogP contribution < -0.4 is 14.8 Å². The minimum atomic E-state index is -0.00872. The second kappa shape index (κ2) is 10.7. The van der Waals surface area contributed by atoms with Gasteiger partial charge in [0.1, 0.15) is 0 Å². The van der Waals surface area contributed by atoms with Gasteiger partial charge in [-0.05, 0) is 37.0 Å². The Morgan fingerprint density at radius 3 is 2.52 bits per heavy atom. The Bertz CT molecular complexity index is 559. The SMILES string of the molecule is COc1cc(Br)c(CC(=O)NCCCOC2CCCCC2)cc1OC. The topological polar surface area (TPSA) is 56.8 Å². The van der Waals surface area contributed by atoms with Gasteiger partial charge in [0.25, 0.3) is 0 Å². The molecule has 1 aliphatic rings. The highest BCUT2D eigenvalue weighted by Gasteiger charge is 2.14. The van der Waals surface area contributed by atoms with Gasteiger partial charge in [-0.2, -0.15) is 0 Å². The monoisotopic (exact) mass is 413 g/mol. The predicted molar refractivity (Wildman–Crippen MR) is 101 cm³/mol. The van der Waals surface area contributed by atoms with Gasteiger partial charge in [0.15, 0.2) is 11.5 Å². The van der Waals surface area contributed by atoms with Crippen molar-refractivity contribution in [2.75, 3.05) is 27.4 Å². The molecule has 25 heavy (non-hydrogen) atoms. The summed E-state index contributed by atoms with van der Waals surface area (Å²) in [7, 11) is 3.17. The molecule has 1 aliphatic carbocycles. The van der Waals surface area contributed by atoms with Gasteiger partial charge in [0, 0.05) is 17.6 Å². The number of benzene rings is 1. The molecule has 1 aromatic rings. The number of rotatable bonds is 9. The Morgan fingerprint density at radius 2 is 1.84 bits per heavy atom. The number of ether oxygens (including phenoxy) is 3. The molecule has 0 saturated heterocycles. The summed E-state index contributed by atoms with van der Waals surface area (Å²) in [5, 5.41) is 2.95. The van der Waals surface area contributed by atoms with Crippen molar-refractivity contribution in [2.45, 2.75) is 51.0 Å². The minimum Gasteiger partial charge on any atom is -0.493 e. The lowest BCUT2D eigenvalue weighted by atomic mass is 9.98. The molecule has 1 amide bonds. The van der Waals surface area contributed by atoms with Crippen LogP contribution in [0, 0.1) is 0 Å². The van der Waals surface area contributed by atoms with Gasteiger partial charge < -0.3 is 19.5 Å². The van der Waals surface area contributed by atoms with Crippen LogP contribution >= 0.6 is 15.9 Å². The van der Waals surface area contributed by atoms with E-state index in [0.29, 0.717) is 37.2 Å². The van der Waals surface area contributed by atoms with Crippen molar-refractivity contribution in [3.8, 4) is 11.5 Å². The Balaban J connectivity index is 1.71. The van der Waals surface area contributed by atoms with Gasteiger partial charge in [-0.15, -0.1) is 0 Å². The smallest absolute Gasteiger partial charge is 0.224 e. The Labute approximate surface area is 158 Å². The average molecular weight is 414 g/mol. The molecule has 0 atom stereocenters. The van der Waals surface area contributed by atoms with E-state index < -0.39 is 0 Å². The number of amides is 1. The molecular weight excluding hydrogens is 386 g/mol. The molecule has 2 rings (SSSR count). The Morgan fingerprint density at radius 1 is 1.16 bits per heavy atom. The summed E-state index contributed by atoms with van der Waals surface area (Å²) in [5.41, 5.74) is 0.869. The molecule has 0 radical (unpaired) electrons. The van der Waals surface area contributed by atoms with Crippen LogP contribution in [0.15, 0.2) is 16.6 Å². The number of hydrogen-bond acceptors (Lipinski definition) is 4. The Hall–Kier alpha value is -1.27. The van der Waals surface area contributed by atoms with E-state index in [1.54, 1.807) is 14.2 Å². The fourth-order valence-corrected chi connectivity index (χ4v) is 3.51. The molecule has 0 bridgehead atoms. The van der Waals surface area contributed by atoms with E-state index in [9.17, 15) is 4.79 Å². The highest BCUT2D eigenvalue weighted by atomic mass is 79.9. The average Bonchev–Trinajstić information content (AvgIpc) is 2.63. The van der Waals surface area contributed by atoms with E-state index in [4.69, 9.17) is 14.2 Å². The number of nitrogens with one attached hydrogen (secondary N) is 1. The van der Waals surface area contributed by atoms with Crippen LogP contribution in [0.3, 0.4) is 0 Å². The van der Waals surface area contributed by atoms with Crippen molar-refractivity contribution in [2.24, 2.45) is 0 Å². The summed E-state index contributed by atoms with van der Waals surface area (Å²) >= 11 is 3.48. The van der Waals surface area contributed by atoms with Crippen LogP contribution in [-0.2, 0) is 16.0 Å². The summed E-state index contributed by atoms with van der Waals surface area (Å²) in [4.78, 5) is 12.1. The third kappa shape index (κ3) is 6.51. The molecule has 0 unspecified atom stereocenters. The molecule has 0 heterocycles. The number of carbonyl (C=O) groups excluding carboxylic acids is 1. The summed E-state index contributed by atoms with van der Waals surface area (Å²) in [6, 6.07) is 3.65. The van der Waals surface area contributed by atoms with Gasteiger partial charge >= 0.3 is 0 Å². The first kappa shape index (κ1) is 20.0. The van der Waals surface area contributed by atoms with Crippen LogP contribution in [0.25, 0.3) is 0 Å². The van der Waals surface area contributed by atoms with Gasteiger partial charge in [-0.25, -0.2) is 0 Å². The van der Waals surface area contributed by atoms with Gasteiger partial charge in [0.05, 0.1) is 26.7 Å². The van der Waals surface area contributed by atoms with Crippen molar-refractivity contribution >= 4 is 21.8 Å². The third-order valence-electron chi connectivity index (χ3n) is 4.45. The van der Waals surface area contributed by atoms with Crippen LogP contribution in [0.2, 0.25) is 0 Å². The van der Waals surface area contributed by atoms with Crippen molar-refractivity contribution < 1.29 is 19.0 Å². The van der Waals surface area contributed by atoms with Crippen molar-refractivity contribution in [3.05, 3.63) is 22.2 Å². The molecule has 0 aliphatic heterocycles. The number of methoxy groups -OCH3 is 2. The van der Waals surface area contributed by atoms with Gasteiger partial charge in [-0.3, -0.25) is 4.79 Å². The molecule has 5 nitrogen and oxygen atoms in total. The second-order valence-electron chi connectivity index (χ2n) is 6.31. The van der Waals surface area contributed by atoms with Crippen molar-refractivity contribution in [3.63, 3.8) is 0 Å². The first-order valence-electron chi connectivity index (χ1n) is 8.92. The standard InChI is InChI=1S/C19H28BrNO4/c1-23-17-11-14(16(20)13-18(17)24-2)12-19(22)21-9-6-10-25-15-7-4-3-5-8-15/h11,13,15H,3-10,12H2,1-2H3,(H,21,22). The number of carbonyl (C=O) groups is 1. The molecule has 0 spiro atoms. The van der Waals surface area contributed by atoms with E-state index in [0.717, 1.165) is 16.5 Å². The van der Waals surface area contributed by atoms with Crippen LogP contribution in [0.1, 0.15) is 44.1 Å². The van der Waals surface area contributed by atoms with Crippen molar-refractivity contribution in [1.82, 2.24) is 5.32 Å². The molecule has 1 aromatic carbocycles. The zero-order valence-electron chi connectivity index (χ0n) is 15.1. The molecule has 1 saturated carbocycles. The quantitative estimate of drug-likeness (QED) is 0.624. The molecule has 1 N–H and O–H groups in total. The maximum Gasteiger partial charge on any atom is 0.224 e. The fourth-order valence-electron chi connectivity index (χ4n) is 3.05. The van der Waals surface area contributed by atoms with E-state index in [1.165, 1.54) is 32.1 Å². The number of hydrogen-bond donors (Lipinski definition) is 1. The van der Waals surface area contributed by atoms with E-state index in [1.807, 2.05) is 12.1 Å². The minimum absolute atomic E-state index is 0.00872. The summed E-state index contributed by atoms with van der Waals surface area (Å²) < 4.78 is 17.2. The molecule has 6 heteroatoms. The van der Waals surface area contributed by atoms with Crippen LogP contribution in [0.4, 0.5) is 0 Å².